The number of aryl methyl sites for hydroxylation is 1. The number of carbonyl (C=O) groups excluding carboxylic acids is 1. The minimum absolute atomic E-state index is 0.383. The Morgan fingerprint density at radius 3 is 2.76 bits per heavy atom. The van der Waals surface area contributed by atoms with Crippen LogP contribution in [0.15, 0.2) is 59.2 Å². The van der Waals surface area contributed by atoms with Crippen LogP contribution < -0.4 is 5.32 Å². The summed E-state index contributed by atoms with van der Waals surface area (Å²) in [5.74, 6) is 0.776. The number of anilines is 1. The molecule has 0 aliphatic heterocycles. The molecule has 0 spiro atoms. The molecule has 3 rings (SSSR count). The number of hydrogen-bond acceptors (Lipinski definition) is 8. The summed E-state index contributed by atoms with van der Waals surface area (Å²) >= 11 is 2.95. The van der Waals surface area contributed by atoms with Crippen LogP contribution in [0.5, 0.6) is 0 Å². The van der Waals surface area contributed by atoms with Gasteiger partial charge in [-0.1, -0.05) is 42.1 Å². The zero-order valence-electron chi connectivity index (χ0n) is 16.4. The van der Waals surface area contributed by atoms with Gasteiger partial charge in [-0.15, -0.1) is 11.8 Å². The first-order valence-electron chi connectivity index (χ1n) is 9.12. The molecule has 0 bridgehead atoms. The summed E-state index contributed by atoms with van der Waals surface area (Å²) in [6.07, 6.45) is 8.25. The third-order valence-corrected chi connectivity index (χ3v) is 5.68. The Bertz CT molecular complexity index is 920. The third kappa shape index (κ3) is 5.98. The lowest BCUT2D eigenvalue weighted by Gasteiger charge is -2.14. The van der Waals surface area contributed by atoms with Crippen molar-refractivity contribution in [2.45, 2.75) is 28.9 Å². The van der Waals surface area contributed by atoms with Crippen molar-refractivity contribution in [3.63, 3.8) is 0 Å². The highest BCUT2D eigenvalue weighted by atomic mass is 32.2. The third-order valence-electron chi connectivity index (χ3n) is 4.09. The lowest BCUT2D eigenvalue weighted by molar-refractivity contribution is 0.0596. The molecule has 0 radical (unpaired) electrons. The minimum atomic E-state index is -0.440. The van der Waals surface area contributed by atoms with Gasteiger partial charge in [0.1, 0.15) is 16.4 Å². The predicted octanol–water partition coefficient (Wildman–Crippen LogP) is 3.98. The van der Waals surface area contributed by atoms with Crippen molar-refractivity contribution in [3.05, 3.63) is 60.2 Å². The molecule has 3 aromatic rings. The van der Waals surface area contributed by atoms with Crippen molar-refractivity contribution in [3.8, 4) is 0 Å². The number of carbonyl (C=O) groups is 1. The summed E-state index contributed by atoms with van der Waals surface area (Å²) in [5.41, 5.74) is 1.54. The molecule has 0 fully saturated rings. The number of ether oxygens (including phenoxy) is 1. The molecule has 0 amide bonds. The van der Waals surface area contributed by atoms with Crippen LogP contribution in [0.4, 0.5) is 5.82 Å². The van der Waals surface area contributed by atoms with E-state index in [2.05, 4.69) is 32.4 Å². The van der Waals surface area contributed by atoms with Crippen LogP contribution in [-0.2, 0) is 17.0 Å². The van der Waals surface area contributed by atoms with Gasteiger partial charge >= 0.3 is 5.97 Å². The fourth-order valence-electron chi connectivity index (χ4n) is 2.64. The largest absolute Gasteiger partial charge is 0.465 e. The highest BCUT2D eigenvalue weighted by molar-refractivity contribution is 7.99. The normalized spacial score (nSPS) is 10.7. The second-order valence-electron chi connectivity index (χ2n) is 6.09. The van der Waals surface area contributed by atoms with Crippen LogP contribution in [0.3, 0.4) is 0 Å². The van der Waals surface area contributed by atoms with Crippen molar-refractivity contribution < 1.29 is 9.53 Å². The molecule has 152 valence electrons. The summed E-state index contributed by atoms with van der Waals surface area (Å²) in [7, 11) is 1.37. The van der Waals surface area contributed by atoms with Gasteiger partial charge in [0.25, 0.3) is 0 Å². The lowest BCUT2D eigenvalue weighted by atomic mass is 10.2. The Hall–Kier alpha value is -2.52. The van der Waals surface area contributed by atoms with E-state index in [1.165, 1.54) is 30.6 Å². The molecule has 0 saturated heterocycles. The molecule has 0 atom stereocenters. The second-order valence-corrected chi connectivity index (χ2v) is 7.82. The van der Waals surface area contributed by atoms with E-state index in [0.717, 1.165) is 18.5 Å². The Morgan fingerprint density at radius 1 is 1.24 bits per heavy atom. The summed E-state index contributed by atoms with van der Waals surface area (Å²) in [4.78, 5) is 25.6. The molecule has 1 aromatic carbocycles. The number of aromatic nitrogens is 4. The summed E-state index contributed by atoms with van der Waals surface area (Å²) in [6.45, 7) is 1.49. The van der Waals surface area contributed by atoms with Gasteiger partial charge in [-0.25, -0.2) is 19.7 Å². The molecule has 0 aliphatic rings. The predicted molar refractivity (Wildman–Crippen MR) is 116 cm³/mol. The maximum atomic E-state index is 12.5. The van der Waals surface area contributed by atoms with Gasteiger partial charge in [0.15, 0.2) is 5.16 Å². The molecule has 0 unspecified atom stereocenters. The van der Waals surface area contributed by atoms with E-state index in [1.807, 2.05) is 35.2 Å². The summed E-state index contributed by atoms with van der Waals surface area (Å²) in [5, 5.41) is 4.53. The van der Waals surface area contributed by atoms with Gasteiger partial charge < -0.3 is 14.6 Å². The Labute approximate surface area is 178 Å². The zero-order valence-corrected chi connectivity index (χ0v) is 18.0. The molecular formula is C20H23N5O2S2. The van der Waals surface area contributed by atoms with E-state index in [1.54, 1.807) is 12.5 Å². The Kier molecular flexibility index (Phi) is 7.94. The van der Waals surface area contributed by atoms with Crippen LogP contribution in [0, 0.1) is 0 Å². The highest BCUT2D eigenvalue weighted by Gasteiger charge is 2.22. The first kappa shape index (κ1) is 21.2. The number of imidazole rings is 1. The topological polar surface area (TPSA) is 81.9 Å². The van der Waals surface area contributed by atoms with Crippen LogP contribution in [-0.4, -0.2) is 45.4 Å². The SMILES string of the molecule is COC(=O)c1c(NCCCn2ccnc2)nc(SC)nc1SCc1ccccc1. The fraction of sp³-hybridized carbons (Fsp3) is 0.300. The van der Waals surface area contributed by atoms with Gasteiger partial charge in [-0.05, 0) is 18.2 Å². The number of methoxy groups -OCH3 is 1. The minimum Gasteiger partial charge on any atom is -0.465 e. The van der Waals surface area contributed by atoms with Gasteiger partial charge in [0, 0.05) is 31.2 Å². The van der Waals surface area contributed by atoms with Gasteiger partial charge in [0.05, 0.1) is 13.4 Å². The molecule has 2 heterocycles. The van der Waals surface area contributed by atoms with Gasteiger partial charge in [-0.3, -0.25) is 0 Å². The molecule has 7 nitrogen and oxygen atoms in total. The first-order chi connectivity index (χ1) is 14.2. The maximum Gasteiger partial charge on any atom is 0.344 e. The van der Waals surface area contributed by atoms with Crippen LogP contribution in [0.1, 0.15) is 22.3 Å². The number of hydrogen-bond donors (Lipinski definition) is 1. The van der Waals surface area contributed by atoms with Crippen molar-refractivity contribution in [2.75, 3.05) is 25.2 Å². The quantitative estimate of drug-likeness (QED) is 0.170. The van der Waals surface area contributed by atoms with E-state index < -0.39 is 5.97 Å². The fourth-order valence-corrected chi connectivity index (χ4v) is 4.04. The molecule has 0 saturated carbocycles. The number of esters is 1. The smallest absolute Gasteiger partial charge is 0.344 e. The number of nitrogens with zero attached hydrogens (tertiary/aromatic N) is 4. The molecule has 9 heteroatoms. The van der Waals surface area contributed by atoms with E-state index in [-0.39, 0.29) is 0 Å². The van der Waals surface area contributed by atoms with Crippen molar-refractivity contribution in [2.24, 2.45) is 0 Å². The Balaban J connectivity index is 1.77. The zero-order chi connectivity index (χ0) is 20.5. The monoisotopic (exact) mass is 429 g/mol. The average molecular weight is 430 g/mol. The van der Waals surface area contributed by atoms with Crippen molar-refractivity contribution in [1.29, 1.82) is 0 Å². The number of thioether (sulfide) groups is 2. The van der Waals surface area contributed by atoms with E-state index >= 15 is 0 Å². The van der Waals surface area contributed by atoms with Crippen molar-refractivity contribution >= 4 is 35.3 Å². The van der Waals surface area contributed by atoms with Crippen molar-refractivity contribution in [1.82, 2.24) is 19.5 Å². The number of nitrogens with one attached hydrogen (secondary N) is 1. The van der Waals surface area contributed by atoms with Gasteiger partial charge in [0.2, 0.25) is 0 Å². The highest BCUT2D eigenvalue weighted by Crippen LogP contribution is 2.31. The number of benzene rings is 1. The molecule has 1 N–H and O–H groups in total. The molecular weight excluding hydrogens is 406 g/mol. The van der Waals surface area contributed by atoms with Crippen LogP contribution >= 0.6 is 23.5 Å². The lowest BCUT2D eigenvalue weighted by Crippen LogP contribution is -2.15. The molecule has 0 aliphatic carbocycles. The Morgan fingerprint density at radius 2 is 2.07 bits per heavy atom. The van der Waals surface area contributed by atoms with E-state index in [4.69, 9.17) is 4.74 Å². The average Bonchev–Trinajstić information content (AvgIpc) is 3.28. The molecule has 2 aromatic heterocycles. The van der Waals surface area contributed by atoms with Gasteiger partial charge in [-0.2, -0.15) is 0 Å². The van der Waals surface area contributed by atoms with E-state index in [0.29, 0.717) is 33.9 Å². The van der Waals surface area contributed by atoms with E-state index in [9.17, 15) is 4.79 Å². The summed E-state index contributed by atoms with van der Waals surface area (Å²) < 4.78 is 7.03. The first-order valence-corrected chi connectivity index (χ1v) is 11.3. The molecule has 29 heavy (non-hydrogen) atoms. The maximum absolute atomic E-state index is 12.5. The standard InChI is InChI=1S/C20H23N5O2S2/c1-27-19(26)16-17(22-9-6-11-25-12-10-21-14-25)23-20(28-2)24-18(16)29-13-15-7-4-3-5-8-15/h3-5,7-8,10,12,14H,6,9,11,13H2,1-2H3,(H,22,23,24). The number of rotatable bonds is 10. The van der Waals surface area contributed by atoms with Crippen LogP contribution in [0.2, 0.25) is 0 Å². The second kappa shape index (κ2) is 10.9. The summed E-state index contributed by atoms with van der Waals surface area (Å²) in [6, 6.07) is 10.1. The van der Waals surface area contributed by atoms with Crippen LogP contribution in [0.25, 0.3) is 0 Å².